The molecule has 1 saturated heterocycles. The summed E-state index contributed by atoms with van der Waals surface area (Å²) in [5, 5.41) is 18.4. The number of ether oxygens (including phenoxy) is 1. The van der Waals surface area contributed by atoms with Crippen molar-refractivity contribution < 1.29 is 14.9 Å². The Balaban J connectivity index is 2.59. The lowest BCUT2D eigenvalue weighted by atomic mass is 9.93. The van der Waals surface area contributed by atoms with Crippen LogP contribution in [-0.2, 0) is 4.74 Å². The van der Waals surface area contributed by atoms with E-state index in [1.165, 1.54) is 0 Å². The van der Waals surface area contributed by atoms with Crippen LogP contribution >= 0.6 is 0 Å². The summed E-state index contributed by atoms with van der Waals surface area (Å²) in [6, 6.07) is 0. The van der Waals surface area contributed by atoms with Crippen molar-refractivity contribution in [2.75, 3.05) is 0 Å². The van der Waals surface area contributed by atoms with Crippen LogP contribution in [0.4, 0.5) is 0 Å². The lowest BCUT2D eigenvalue weighted by Crippen LogP contribution is -2.26. The Morgan fingerprint density at radius 2 is 1.82 bits per heavy atom. The summed E-state index contributed by atoms with van der Waals surface area (Å²) in [6.07, 6.45) is -1.72. The Kier molecular flexibility index (Phi) is 2.52. The number of rotatable bonds is 1. The Bertz CT molecular complexity index is 135. The maximum atomic E-state index is 9.31. The van der Waals surface area contributed by atoms with Crippen molar-refractivity contribution in [2.45, 2.75) is 39.3 Å². The first kappa shape index (κ1) is 8.97. The maximum absolute atomic E-state index is 9.31. The van der Waals surface area contributed by atoms with Gasteiger partial charge in [0.25, 0.3) is 0 Å². The predicted octanol–water partition coefficient (Wildman–Crippen LogP) is 0.357. The molecule has 2 N–H and O–H groups in total. The molecule has 1 rings (SSSR count). The lowest BCUT2D eigenvalue weighted by Gasteiger charge is -2.18. The summed E-state index contributed by atoms with van der Waals surface area (Å²) < 4.78 is 5.15. The minimum Gasteiger partial charge on any atom is -0.387 e. The van der Waals surface area contributed by atoms with Gasteiger partial charge in [0.1, 0.15) is 6.10 Å². The van der Waals surface area contributed by atoms with Crippen LogP contribution in [0.2, 0.25) is 0 Å². The van der Waals surface area contributed by atoms with E-state index in [1.54, 1.807) is 0 Å². The van der Waals surface area contributed by atoms with Gasteiger partial charge in [0.2, 0.25) is 0 Å². The molecular formula is C8H16O3. The third-order valence-electron chi connectivity index (χ3n) is 2.30. The molecule has 11 heavy (non-hydrogen) atoms. The van der Waals surface area contributed by atoms with Crippen molar-refractivity contribution in [1.29, 1.82) is 0 Å². The van der Waals surface area contributed by atoms with Crippen LogP contribution in [0.25, 0.3) is 0 Å². The average Bonchev–Trinajstić information content (AvgIpc) is 2.17. The first-order valence-corrected chi connectivity index (χ1v) is 4.05. The van der Waals surface area contributed by atoms with Gasteiger partial charge < -0.3 is 14.9 Å². The van der Waals surface area contributed by atoms with Crippen molar-refractivity contribution in [3.05, 3.63) is 0 Å². The molecule has 66 valence electrons. The van der Waals surface area contributed by atoms with Crippen LogP contribution in [0.3, 0.4) is 0 Å². The number of hydrogen-bond acceptors (Lipinski definition) is 3. The van der Waals surface area contributed by atoms with Crippen LogP contribution in [0, 0.1) is 11.8 Å². The standard InChI is InChI=1S/C8H16O3/c1-4(2)7-5(3)6(9)8(10)11-7/h4-10H,1-3H3/t5-,6-,7+,8?/m0/s1. The Hall–Kier alpha value is -0.120. The zero-order valence-electron chi connectivity index (χ0n) is 7.19. The molecule has 1 fully saturated rings. The van der Waals surface area contributed by atoms with Gasteiger partial charge in [-0.15, -0.1) is 0 Å². The van der Waals surface area contributed by atoms with E-state index in [0.29, 0.717) is 5.92 Å². The Labute approximate surface area is 67.0 Å². The largest absolute Gasteiger partial charge is 0.387 e. The molecule has 1 aliphatic heterocycles. The molecule has 3 heteroatoms. The van der Waals surface area contributed by atoms with E-state index in [9.17, 15) is 5.11 Å². The lowest BCUT2D eigenvalue weighted by molar-refractivity contribution is -0.133. The van der Waals surface area contributed by atoms with E-state index in [2.05, 4.69) is 0 Å². The summed E-state index contributed by atoms with van der Waals surface area (Å²) in [5.74, 6) is 0.377. The molecule has 0 amide bonds. The summed E-state index contributed by atoms with van der Waals surface area (Å²) >= 11 is 0. The van der Waals surface area contributed by atoms with E-state index >= 15 is 0 Å². The molecule has 0 aliphatic carbocycles. The SMILES string of the molecule is CC(C)[C@H]1OC(O)[C@@H](O)[C@@H]1C. The number of hydrogen-bond donors (Lipinski definition) is 2. The van der Waals surface area contributed by atoms with E-state index in [0.717, 1.165) is 0 Å². The summed E-state index contributed by atoms with van der Waals surface area (Å²) in [4.78, 5) is 0. The molecule has 1 heterocycles. The van der Waals surface area contributed by atoms with Crippen LogP contribution in [-0.4, -0.2) is 28.7 Å². The summed E-state index contributed by atoms with van der Waals surface area (Å²) in [6.45, 7) is 5.93. The van der Waals surface area contributed by atoms with Crippen LogP contribution in [0.5, 0.6) is 0 Å². The first-order chi connectivity index (χ1) is 5.04. The number of aliphatic hydroxyl groups excluding tert-OH is 2. The molecule has 0 saturated carbocycles. The van der Waals surface area contributed by atoms with Gasteiger partial charge in [0.05, 0.1) is 6.10 Å². The molecule has 1 aliphatic rings. The molecular weight excluding hydrogens is 144 g/mol. The summed E-state index contributed by atoms with van der Waals surface area (Å²) in [7, 11) is 0. The molecule has 0 aromatic rings. The molecule has 4 atom stereocenters. The second-order valence-corrected chi connectivity index (χ2v) is 3.58. The highest BCUT2D eigenvalue weighted by Crippen LogP contribution is 2.29. The van der Waals surface area contributed by atoms with Crippen LogP contribution in [0.15, 0.2) is 0 Å². The smallest absolute Gasteiger partial charge is 0.181 e. The van der Waals surface area contributed by atoms with Crippen molar-refractivity contribution >= 4 is 0 Å². The quantitative estimate of drug-likeness (QED) is 0.582. The first-order valence-electron chi connectivity index (χ1n) is 4.05. The van der Waals surface area contributed by atoms with Crippen molar-refractivity contribution in [2.24, 2.45) is 11.8 Å². The fourth-order valence-electron chi connectivity index (χ4n) is 1.58. The van der Waals surface area contributed by atoms with Gasteiger partial charge in [-0.25, -0.2) is 0 Å². The van der Waals surface area contributed by atoms with Crippen molar-refractivity contribution in [3.8, 4) is 0 Å². The minimum atomic E-state index is -0.989. The fourth-order valence-corrected chi connectivity index (χ4v) is 1.58. The fraction of sp³-hybridized carbons (Fsp3) is 1.00. The van der Waals surface area contributed by atoms with Crippen molar-refractivity contribution in [1.82, 2.24) is 0 Å². The maximum Gasteiger partial charge on any atom is 0.181 e. The zero-order chi connectivity index (χ0) is 8.59. The summed E-state index contributed by atoms with van der Waals surface area (Å²) in [5.41, 5.74) is 0. The Morgan fingerprint density at radius 3 is 2.00 bits per heavy atom. The normalized spacial score (nSPS) is 45.3. The highest BCUT2D eigenvalue weighted by Gasteiger charge is 2.40. The van der Waals surface area contributed by atoms with Gasteiger partial charge in [0, 0.05) is 5.92 Å². The number of aliphatic hydroxyl groups is 2. The molecule has 0 aromatic heterocycles. The van der Waals surface area contributed by atoms with E-state index in [1.807, 2.05) is 20.8 Å². The monoisotopic (exact) mass is 160 g/mol. The topological polar surface area (TPSA) is 49.7 Å². The van der Waals surface area contributed by atoms with Gasteiger partial charge in [-0.05, 0) is 5.92 Å². The van der Waals surface area contributed by atoms with Gasteiger partial charge >= 0.3 is 0 Å². The second kappa shape index (κ2) is 3.09. The highest BCUT2D eigenvalue weighted by molar-refractivity contribution is 4.84. The minimum absolute atomic E-state index is 0.0139. The Morgan fingerprint density at radius 1 is 1.27 bits per heavy atom. The van der Waals surface area contributed by atoms with Crippen LogP contribution < -0.4 is 0 Å². The second-order valence-electron chi connectivity index (χ2n) is 3.58. The van der Waals surface area contributed by atoms with Crippen molar-refractivity contribution in [3.63, 3.8) is 0 Å². The predicted molar refractivity (Wildman–Crippen MR) is 40.9 cm³/mol. The molecule has 3 nitrogen and oxygen atoms in total. The van der Waals surface area contributed by atoms with Gasteiger partial charge in [-0.3, -0.25) is 0 Å². The molecule has 0 bridgehead atoms. The molecule has 0 spiro atoms. The van der Waals surface area contributed by atoms with Crippen LogP contribution in [0.1, 0.15) is 20.8 Å². The zero-order valence-corrected chi connectivity index (χ0v) is 7.19. The third kappa shape index (κ3) is 1.55. The van der Waals surface area contributed by atoms with E-state index in [4.69, 9.17) is 9.84 Å². The molecule has 0 radical (unpaired) electrons. The highest BCUT2D eigenvalue weighted by atomic mass is 16.6. The van der Waals surface area contributed by atoms with Gasteiger partial charge in [-0.2, -0.15) is 0 Å². The van der Waals surface area contributed by atoms with E-state index < -0.39 is 12.4 Å². The van der Waals surface area contributed by atoms with Gasteiger partial charge in [0.15, 0.2) is 6.29 Å². The average molecular weight is 160 g/mol. The van der Waals surface area contributed by atoms with Gasteiger partial charge in [-0.1, -0.05) is 20.8 Å². The molecule has 0 aromatic carbocycles. The third-order valence-corrected chi connectivity index (χ3v) is 2.30. The molecule has 1 unspecified atom stereocenters. The van der Waals surface area contributed by atoms with E-state index in [-0.39, 0.29) is 12.0 Å².